The van der Waals surface area contributed by atoms with E-state index in [1.54, 1.807) is 0 Å². The molecular formula is C13H12BrN3O2. The van der Waals surface area contributed by atoms with Crippen LogP contribution in [-0.4, -0.2) is 27.2 Å². The van der Waals surface area contributed by atoms with Crippen molar-refractivity contribution in [3.05, 3.63) is 40.1 Å². The van der Waals surface area contributed by atoms with E-state index in [-0.39, 0.29) is 5.69 Å². The summed E-state index contributed by atoms with van der Waals surface area (Å²) in [6.45, 7) is 2.09. The van der Waals surface area contributed by atoms with Crippen molar-refractivity contribution in [1.82, 2.24) is 14.9 Å². The Morgan fingerprint density at radius 2 is 2.21 bits per heavy atom. The highest BCUT2D eigenvalue weighted by atomic mass is 79.9. The molecule has 1 aliphatic rings. The first-order chi connectivity index (χ1) is 9.18. The molecule has 6 heteroatoms. The van der Waals surface area contributed by atoms with Crippen LogP contribution in [-0.2, 0) is 13.1 Å². The quantitative estimate of drug-likeness (QED) is 0.889. The Morgan fingerprint density at radius 3 is 2.95 bits per heavy atom. The van der Waals surface area contributed by atoms with Crippen LogP contribution < -0.4 is 5.32 Å². The zero-order chi connectivity index (χ0) is 13.4. The second kappa shape index (κ2) is 4.79. The maximum atomic E-state index is 11.3. The monoisotopic (exact) mass is 321 g/mol. The van der Waals surface area contributed by atoms with E-state index in [1.165, 1.54) is 0 Å². The summed E-state index contributed by atoms with van der Waals surface area (Å²) in [6.07, 6.45) is 0. The van der Waals surface area contributed by atoms with Gasteiger partial charge in [0.25, 0.3) is 0 Å². The van der Waals surface area contributed by atoms with Crippen LogP contribution in [0, 0.1) is 0 Å². The standard InChI is InChI=1S/C13H12BrN3O2/c14-9-4-2-1-3-8(9)12-16-11(13(18)19)10-7-15-5-6-17(10)12/h1-4,15H,5-7H2,(H,18,19). The van der Waals surface area contributed by atoms with Crippen LogP contribution in [0.15, 0.2) is 28.7 Å². The molecule has 0 spiro atoms. The number of benzene rings is 1. The molecule has 0 bridgehead atoms. The van der Waals surface area contributed by atoms with E-state index in [1.807, 2.05) is 28.8 Å². The molecule has 0 saturated carbocycles. The Kier molecular flexibility index (Phi) is 3.12. The molecule has 5 nitrogen and oxygen atoms in total. The molecule has 0 fully saturated rings. The lowest BCUT2D eigenvalue weighted by Gasteiger charge is -2.18. The van der Waals surface area contributed by atoms with E-state index in [4.69, 9.17) is 0 Å². The summed E-state index contributed by atoms with van der Waals surface area (Å²) in [5.41, 5.74) is 1.79. The van der Waals surface area contributed by atoms with Crippen molar-refractivity contribution in [3.63, 3.8) is 0 Å². The first kappa shape index (κ1) is 12.4. The Bertz CT molecular complexity index is 651. The fourth-order valence-corrected chi connectivity index (χ4v) is 2.79. The zero-order valence-corrected chi connectivity index (χ0v) is 11.6. The fourth-order valence-electron chi connectivity index (χ4n) is 2.32. The van der Waals surface area contributed by atoms with Crippen LogP contribution in [0.3, 0.4) is 0 Å². The molecule has 0 amide bonds. The minimum absolute atomic E-state index is 0.137. The first-order valence-corrected chi connectivity index (χ1v) is 6.76. The van der Waals surface area contributed by atoms with Crippen molar-refractivity contribution >= 4 is 21.9 Å². The maximum absolute atomic E-state index is 11.3. The number of carbonyl (C=O) groups is 1. The largest absolute Gasteiger partial charge is 0.476 e. The second-order valence-corrected chi connectivity index (χ2v) is 5.20. The number of aromatic carboxylic acids is 1. The van der Waals surface area contributed by atoms with E-state index in [0.717, 1.165) is 28.8 Å². The van der Waals surface area contributed by atoms with Gasteiger partial charge >= 0.3 is 5.97 Å². The van der Waals surface area contributed by atoms with Crippen LogP contribution >= 0.6 is 15.9 Å². The molecule has 2 aromatic rings. The smallest absolute Gasteiger partial charge is 0.356 e. The van der Waals surface area contributed by atoms with Gasteiger partial charge in [0.05, 0.1) is 5.69 Å². The minimum Gasteiger partial charge on any atom is -0.476 e. The molecule has 98 valence electrons. The van der Waals surface area contributed by atoms with E-state index in [0.29, 0.717) is 12.4 Å². The van der Waals surface area contributed by atoms with Crippen LogP contribution in [0.4, 0.5) is 0 Å². The van der Waals surface area contributed by atoms with Crippen molar-refractivity contribution < 1.29 is 9.90 Å². The van der Waals surface area contributed by atoms with Gasteiger partial charge in [0.2, 0.25) is 0 Å². The molecule has 0 aliphatic carbocycles. The summed E-state index contributed by atoms with van der Waals surface area (Å²) >= 11 is 3.49. The number of fused-ring (bicyclic) bond motifs is 1. The number of carboxylic acids is 1. The highest BCUT2D eigenvalue weighted by Crippen LogP contribution is 2.30. The Morgan fingerprint density at radius 1 is 1.42 bits per heavy atom. The van der Waals surface area contributed by atoms with Crippen molar-refractivity contribution in [2.24, 2.45) is 0 Å². The van der Waals surface area contributed by atoms with Gasteiger partial charge in [0, 0.05) is 29.7 Å². The van der Waals surface area contributed by atoms with E-state index in [2.05, 4.69) is 26.2 Å². The predicted molar refractivity (Wildman–Crippen MR) is 74.0 cm³/mol. The van der Waals surface area contributed by atoms with Crippen LogP contribution in [0.1, 0.15) is 16.2 Å². The SMILES string of the molecule is O=C(O)c1nc(-c2ccccc2Br)n2c1CNCC2. The normalized spacial score (nSPS) is 14.2. The van der Waals surface area contributed by atoms with Gasteiger partial charge in [-0.15, -0.1) is 0 Å². The van der Waals surface area contributed by atoms with Crippen LogP contribution in [0.25, 0.3) is 11.4 Å². The molecule has 1 aromatic heterocycles. The molecule has 19 heavy (non-hydrogen) atoms. The van der Waals surface area contributed by atoms with Crippen molar-refractivity contribution in [3.8, 4) is 11.4 Å². The summed E-state index contributed by atoms with van der Waals surface area (Å²) in [7, 11) is 0. The topological polar surface area (TPSA) is 67.1 Å². The number of carboxylic acid groups (broad SMARTS) is 1. The molecule has 1 aliphatic heterocycles. The van der Waals surface area contributed by atoms with Crippen molar-refractivity contribution in [1.29, 1.82) is 0 Å². The van der Waals surface area contributed by atoms with Gasteiger partial charge in [-0.05, 0) is 6.07 Å². The number of halogens is 1. The average molecular weight is 322 g/mol. The molecule has 0 atom stereocenters. The highest BCUT2D eigenvalue weighted by molar-refractivity contribution is 9.10. The summed E-state index contributed by atoms with van der Waals surface area (Å²) in [4.78, 5) is 15.6. The molecule has 3 rings (SSSR count). The maximum Gasteiger partial charge on any atom is 0.356 e. The molecule has 1 aromatic carbocycles. The molecule has 0 unspecified atom stereocenters. The third-order valence-corrected chi connectivity index (χ3v) is 3.89. The van der Waals surface area contributed by atoms with Crippen molar-refractivity contribution in [2.45, 2.75) is 13.1 Å². The minimum atomic E-state index is -0.981. The molecular weight excluding hydrogens is 310 g/mol. The third-order valence-electron chi connectivity index (χ3n) is 3.19. The number of rotatable bonds is 2. The highest BCUT2D eigenvalue weighted by Gasteiger charge is 2.25. The van der Waals surface area contributed by atoms with Gasteiger partial charge in [-0.25, -0.2) is 9.78 Å². The lowest BCUT2D eigenvalue weighted by atomic mass is 10.2. The lowest BCUT2D eigenvalue weighted by molar-refractivity contribution is 0.0689. The van der Waals surface area contributed by atoms with Gasteiger partial charge in [0.15, 0.2) is 5.69 Å². The van der Waals surface area contributed by atoms with Gasteiger partial charge < -0.3 is 15.0 Å². The van der Waals surface area contributed by atoms with E-state index >= 15 is 0 Å². The summed E-state index contributed by atoms with van der Waals surface area (Å²) < 4.78 is 2.90. The van der Waals surface area contributed by atoms with Gasteiger partial charge in [-0.3, -0.25) is 0 Å². The average Bonchev–Trinajstić information content (AvgIpc) is 2.79. The molecule has 0 saturated heterocycles. The fraction of sp³-hybridized carbons (Fsp3) is 0.231. The molecule has 2 heterocycles. The first-order valence-electron chi connectivity index (χ1n) is 5.97. The van der Waals surface area contributed by atoms with Crippen LogP contribution in [0.2, 0.25) is 0 Å². The number of aromatic nitrogens is 2. The summed E-state index contributed by atoms with van der Waals surface area (Å²) in [5, 5.41) is 12.4. The van der Waals surface area contributed by atoms with E-state index in [9.17, 15) is 9.90 Å². The predicted octanol–water partition coefficient (Wildman–Crippen LogP) is 2.11. The van der Waals surface area contributed by atoms with Crippen molar-refractivity contribution in [2.75, 3.05) is 6.54 Å². The zero-order valence-electron chi connectivity index (χ0n) is 10.1. The number of hydrogen-bond donors (Lipinski definition) is 2. The Balaban J connectivity index is 2.22. The summed E-state index contributed by atoms with van der Waals surface area (Å²) in [6, 6.07) is 7.71. The van der Waals surface area contributed by atoms with Gasteiger partial charge in [-0.1, -0.05) is 34.1 Å². The second-order valence-electron chi connectivity index (χ2n) is 4.34. The third kappa shape index (κ3) is 2.06. The van der Waals surface area contributed by atoms with Crippen LogP contribution in [0.5, 0.6) is 0 Å². The summed E-state index contributed by atoms with van der Waals surface area (Å²) in [5.74, 6) is -0.271. The molecule has 2 N–H and O–H groups in total. The van der Waals surface area contributed by atoms with Gasteiger partial charge in [-0.2, -0.15) is 0 Å². The number of nitrogens with zero attached hydrogens (tertiary/aromatic N) is 2. The number of hydrogen-bond acceptors (Lipinski definition) is 3. The Hall–Kier alpha value is -1.66. The van der Waals surface area contributed by atoms with Gasteiger partial charge in [0.1, 0.15) is 5.82 Å². The number of nitrogens with one attached hydrogen (secondary N) is 1. The lowest BCUT2D eigenvalue weighted by Crippen LogP contribution is -2.29. The Labute approximate surface area is 118 Å². The van der Waals surface area contributed by atoms with E-state index < -0.39 is 5.97 Å². The number of imidazole rings is 1. The molecule has 0 radical (unpaired) electrons.